The first-order valence-corrected chi connectivity index (χ1v) is 5.88. The normalized spacial score (nSPS) is 10.8. The molecular weight excluding hydrogens is 212 g/mol. The quantitative estimate of drug-likeness (QED) is 0.700. The summed E-state index contributed by atoms with van der Waals surface area (Å²) in [6, 6.07) is 2.12. The summed E-state index contributed by atoms with van der Waals surface area (Å²) in [7, 11) is 1.92. The Morgan fingerprint density at radius 3 is 2.53 bits per heavy atom. The fraction of sp³-hybridized carbons (Fsp3) is 0.429. The van der Waals surface area contributed by atoms with Gasteiger partial charge in [-0.05, 0) is 20.0 Å². The molecule has 0 saturated carbocycles. The minimum absolute atomic E-state index is 0.768. The summed E-state index contributed by atoms with van der Waals surface area (Å²) in [6.07, 6.45) is 3.82. The van der Waals surface area contributed by atoms with Crippen molar-refractivity contribution in [3.05, 3.63) is 48.5 Å². The van der Waals surface area contributed by atoms with E-state index in [1.54, 1.807) is 0 Å². The summed E-state index contributed by atoms with van der Waals surface area (Å²) in [5.41, 5.74) is 1.24. The third-order valence-corrected chi connectivity index (χ3v) is 2.59. The molecule has 3 heteroatoms. The van der Waals surface area contributed by atoms with E-state index in [1.807, 2.05) is 26.1 Å². The summed E-state index contributed by atoms with van der Waals surface area (Å²) >= 11 is 0. The highest BCUT2D eigenvalue weighted by Gasteiger charge is 2.10. The Morgan fingerprint density at radius 2 is 2.00 bits per heavy atom. The highest BCUT2D eigenvalue weighted by atomic mass is 16.3. The predicted octanol–water partition coefficient (Wildman–Crippen LogP) is 2.48. The standard InChI is InChI=1S/C14H22N2O/c1-5-7-16(8-6-2)11-13-9-14(10-15-4)17-12(13)3/h5-6,9,15H,1-2,7-8,10-11H2,3-4H3. The van der Waals surface area contributed by atoms with Gasteiger partial charge >= 0.3 is 0 Å². The lowest BCUT2D eigenvalue weighted by Crippen LogP contribution is -2.23. The molecule has 0 amide bonds. The fourth-order valence-corrected chi connectivity index (χ4v) is 1.82. The maximum Gasteiger partial charge on any atom is 0.118 e. The Morgan fingerprint density at radius 1 is 1.35 bits per heavy atom. The van der Waals surface area contributed by atoms with Gasteiger partial charge in [0.1, 0.15) is 11.5 Å². The molecule has 0 aromatic carbocycles. The van der Waals surface area contributed by atoms with Crippen molar-refractivity contribution in [2.24, 2.45) is 0 Å². The molecule has 3 nitrogen and oxygen atoms in total. The summed E-state index contributed by atoms with van der Waals surface area (Å²) in [4.78, 5) is 2.26. The third kappa shape index (κ3) is 4.21. The highest BCUT2D eigenvalue weighted by molar-refractivity contribution is 5.21. The molecule has 0 saturated heterocycles. The van der Waals surface area contributed by atoms with E-state index < -0.39 is 0 Å². The van der Waals surface area contributed by atoms with Crippen molar-refractivity contribution >= 4 is 0 Å². The molecule has 1 N–H and O–H groups in total. The van der Waals surface area contributed by atoms with Crippen LogP contribution < -0.4 is 5.32 Å². The van der Waals surface area contributed by atoms with Crippen LogP contribution in [0.25, 0.3) is 0 Å². The Hall–Kier alpha value is -1.32. The van der Waals surface area contributed by atoms with Gasteiger partial charge in [0, 0.05) is 25.2 Å². The zero-order valence-corrected chi connectivity index (χ0v) is 10.8. The zero-order valence-electron chi connectivity index (χ0n) is 10.8. The van der Waals surface area contributed by atoms with Crippen LogP contribution in [-0.2, 0) is 13.1 Å². The summed E-state index contributed by atoms with van der Waals surface area (Å²) < 4.78 is 5.67. The van der Waals surface area contributed by atoms with Crippen LogP contribution in [0.3, 0.4) is 0 Å². The average molecular weight is 234 g/mol. The van der Waals surface area contributed by atoms with E-state index in [0.29, 0.717) is 0 Å². The average Bonchev–Trinajstić information content (AvgIpc) is 2.60. The van der Waals surface area contributed by atoms with Crippen LogP contribution >= 0.6 is 0 Å². The second-order valence-corrected chi connectivity index (χ2v) is 4.10. The van der Waals surface area contributed by atoms with Crippen LogP contribution in [0.2, 0.25) is 0 Å². The Bertz CT molecular complexity index is 358. The first-order valence-electron chi connectivity index (χ1n) is 5.88. The molecule has 0 atom stereocenters. The summed E-state index contributed by atoms with van der Waals surface area (Å²) in [5.74, 6) is 1.98. The number of hydrogen-bond acceptors (Lipinski definition) is 3. The van der Waals surface area contributed by atoms with Crippen molar-refractivity contribution in [3.8, 4) is 0 Å². The summed E-state index contributed by atoms with van der Waals surface area (Å²) in [6.45, 7) is 12.9. The van der Waals surface area contributed by atoms with Crippen LogP contribution in [0.5, 0.6) is 0 Å². The second-order valence-electron chi connectivity index (χ2n) is 4.10. The molecule has 1 aromatic rings. The lowest BCUT2D eigenvalue weighted by molar-refractivity contribution is 0.324. The molecule has 0 unspecified atom stereocenters. The van der Waals surface area contributed by atoms with E-state index in [4.69, 9.17) is 4.42 Å². The van der Waals surface area contributed by atoms with E-state index in [1.165, 1.54) is 5.56 Å². The molecule has 1 rings (SSSR count). The minimum atomic E-state index is 0.768. The molecule has 1 heterocycles. The SMILES string of the molecule is C=CCN(CC=C)Cc1cc(CNC)oc1C. The van der Waals surface area contributed by atoms with Crippen molar-refractivity contribution in [1.29, 1.82) is 0 Å². The number of aryl methyl sites for hydroxylation is 1. The molecule has 0 aliphatic carbocycles. The van der Waals surface area contributed by atoms with E-state index in [2.05, 4.69) is 29.4 Å². The Balaban J connectivity index is 2.70. The lowest BCUT2D eigenvalue weighted by atomic mass is 10.2. The van der Waals surface area contributed by atoms with Gasteiger partial charge in [0.15, 0.2) is 0 Å². The van der Waals surface area contributed by atoms with Crippen LogP contribution in [-0.4, -0.2) is 25.0 Å². The summed E-state index contributed by atoms with van der Waals surface area (Å²) in [5, 5.41) is 3.09. The zero-order chi connectivity index (χ0) is 12.7. The fourth-order valence-electron chi connectivity index (χ4n) is 1.82. The molecule has 0 bridgehead atoms. The van der Waals surface area contributed by atoms with E-state index >= 15 is 0 Å². The van der Waals surface area contributed by atoms with Gasteiger partial charge in [0.25, 0.3) is 0 Å². The molecular formula is C14H22N2O. The Labute approximate surface area is 104 Å². The van der Waals surface area contributed by atoms with Gasteiger partial charge < -0.3 is 9.73 Å². The van der Waals surface area contributed by atoms with Crippen molar-refractivity contribution in [2.75, 3.05) is 20.1 Å². The topological polar surface area (TPSA) is 28.4 Å². The first kappa shape index (κ1) is 13.7. The molecule has 0 aliphatic rings. The minimum Gasteiger partial charge on any atom is -0.465 e. The van der Waals surface area contributed by atoms with Crippen molar-refractivity contribution < 1.29 is 4.42 Å². The van der Waals surface area contributed by atoms with Crippen molar-refractivity contribution in [1.82, 2.24) is 10.2 Å². The molecule has 0 aliphatic heterocycles. The van der Waals surface area contributed by atoms with Crippen LogP contribution in [0.1, 0.15) is 17.1 Å². The number of hydrogen-bond donors (Lipinski definition) is 1. The van der Waals surface area contributed by atoms with Gasteiger partial charge in [-0.25, -0.2) is 0 Å². The number of furan rings is 1. The molecule has 0 radical (unpaired) electrons. The van der Waals surface area contributed by atoms with Gasteiger partial charge in [0.2, 0.25) is 0 Å². The van der Waals surface area contributed by atoms with Crippen molar-refractivity contribution in [3.63, 3.8) is 0 Å². The smallest absolute Gasteiger partial charge is 0.118 e. The highest BCUT2D eigenvalue weighted by Crippen LogP contribution is 2.16. The van der Waals surface area contributed by atoms with E-state index in [0.717, 1.165) is 37.7 Å². The maximum atomic E-state index is 5.67. The van der Waals surface area contributed by atoms with Crippen LogP contribution in [0.15, 0.2) is 35.8 Å². The number of nitrogens with one attached hydrogen (secondary N) is 1. The first-order chi connectivity index (χ1) is 8.21. The van der Waals surface area contributed by atoms with E-state index in [-0.39, 0.29) is 0 Å². The van der Waals surface area contributed by atoms with Crippen molar-refractivity contribution in [2.45, 2.75) is 20.0 Å². The predicted molar refractivity (Wildman–Crippen MR) is 71.9 cm³/mol. The molecule has 17 heavy (non-hydrogen) atoms. The number of nitrogens with zero attached hydrogens (tertiary/aromatic N) is 1. The third-order valence-electron chi connectivity index (χ3n) is 2.59. The van der Waals surface area contributed by atoms with Gasteiger partial charge in [-0.3, -0.25) is 4.90 Å². The van der Waals surface area contributed by atoms with Gasteiger partial charge in [-0.1, -0.05) is 12.2 Å². The lowest BCUT2D eigenvalue weighted by Gasteiger charge is -2.17. The number of rotatable bonds is 8. The Kier molecular flexibility index (Phi) is 5.73. The van der Waals surface area contributed by atoms with Gasteiger partial charge in [-0.2, -0.15) is 0 Å². The second kappa shape index (κ2) is 7.09. The van der Waals surface area contributed by atoms with Gasteiger partial charge in [-0.15, -0.1) is 13.2 Å². The molecule has 1 aromatic heterocycles. The van der Waals surface area contributed by atoms with E-state index in [9.17, 15) is 0 Å². The maximum absolute atomic E-state index is 5.67. The van der Waals surface area contributed by atoms with Gasteiger partial charge in [0.05, 0.1) is 6.54 Å². The molecule has 0 fully saturated rings. The molecule has 94 valence electrons. The van der Waals surface area contributed by atoms with Crippen LogP contribution in [0.4, 0.5) is 0 Å². The largest absolute Gasteiger partial charge is 0.465 e. The van der Waals surface area contributed by atoms with Crippen LogP contribution in [0, 0.1) is 6.92 Å². The monoisotopic (exact) mass is 234 g/mol. The molecule has 0 spiro atoms.